The molecule has 0 aliphatic carbocycles. The van der Waals surface area contributed by atoms with Crippen molar-refractivity contribution in [3.05, 3.63) is 59.7 Å². The van der Waals surface area contributed by atoms with E-state index < -0.39 is 6.10 Å². The first-order valence-corrected chi connectivity index (χ1v) is 7.27. The molecule has 1 N–H and O–H groups in total. The SMILES string of the molecule is CCc1ccc(N(C)c2ccccc2[C@@H](O)CC)cc1. The summed E-state index contributed by atoms with van der Waals surface area (Å²) in [5, 5.41) is 10.2. The molecule has 0 amide bonds. The van der Waals surface area contributed by atoms with Crippen LogP contribution in [0.3, 0.4) is 0 Å². The van der Waals surface area contributed by atoms with Gasteiger partial charge in [-0.25, -0.2) is 0 Å². The summed E-state index contributed by atoms with van der Waals surface area (Å²) in [6.45, 7) is 4.16. The number of anilines is 2. The summed E-state index contributed by atoms with van der Waals surface area (Å²) in [4.78, 5) is 2.13. The van der Waals surface area contributed by atoms with E-state index in [1.807, 2.05) is 32.2 Å². The topological polar surface area (TPSA) is 23.5 Å². The van der Waals surface area contributed by atoms with Crippen LogP contribution in [0, 0.1) is 0 Å². The smallest absolute Gasteiger partial charge is 0.0807 e. The van der Waals surface area contributed by atoms with Gasteiger partial charge in [0.15, 0.2) is 0 Å². The molecule has 2 aromatic rings. The van der Waals surface area contributed by atoms with Gasteiger partial charge in [0, 0.05) is 24.0 Å². The summed E-state index contributed by atoms with van der Waals surface area (Å²) >= 11 is 0. The fourth-order valence-corrected chi connectivity index (χ4v) is 2.39. The maximum absolute atomic E-state index is 10.2. The summed E-state index contributed by atoms with van der Waals surface area (Å²) in [6.07, 6.45) is 1.36. The molecule has 0 heterocycles. The third-order valence-electron chi connectivity index (χ3n) is 3.78. The van der Waals surface area contributed by atoms with Crippen molar-refractivity contribution < 1.29 is 5.11 Å². The van der Waals surface area contributed by atoms with E-state index in [4.69, 9.17) is 0 Å². The molecule has 20 heavy (non-hydrogen) atoms. The molecule has 0 aliphatic rings. The van der Waals surface area contributed by atoms with E-state index in [9.17, 15) is 5.11 Å². The van der Waals surface area contributed by atoms with Crippen molar-refractivity contribution in [3.8, 4) is 0 Å². The number of benzene rings is 2. The van der Waals surface area contributed by atoms with Gasteiger partial charge in [-0.05, 0) is 36.6 Å². The second kappa shape index (κ2) is 6.58. The van der Waals surface area contributed by atoms with Gasteiger partial charge in [0.2, 0.25) is 0 Å². The second-order valence-corrected chi connectivity index (χ2v) is 5.06. The summed E-state index contributed by atoms with van der Waals surface area (Å²) in [6, 6.07) is 16.6. The highest BCUT2D eigenvalue weighted by Crippen LogP contribution is 2.31. The number of hydrogen-bond acceptors (Lipinski definition) is 2. The van der Waals surface area contributed by atoms with E-state index in [1.54, 1.807) is 0 Å². The van der Waals surface area contributed by atoms with Crippen molar-refractivity contribution in [3.63, 3.8) is 0 Å². The molecule has 0 spiro atoms. The van der Waals surface area contributed by atoms with Crippen LogP contribution in [0.2, 0.25) is 0 Å². The Morgan fingerprint density at radius 1 is 1.00 bits per heavy atom. The van der Waals surface area contributed by atoms with E-state index in [2.05, 4.69) is 42.2 Å². The minimum absolute atomic E-state index is 0.413. The summed E-state index contributed by atoms with van der Waals surface area (Å²) < 4.78 is 0. The number of nitrogens with zero attached hydrogens (tertiary/aromatic N) is 1. The molecule has 0 bridgehead atoms. The number of rotatable bonds is 5. The monoisotopic (exact) mass is 269 g/mol. The standard InChI is InChI=1S/C18H23NO/c1-4-14-10-12-15(13-11-14)19(3)17-9-7-6-8-16(17)18(20)5-2/h6-13,18,20H,4-5H2,1-3H3/t18-/m0/s1. The molecule has 0 fully saturated rings. The number of hydrogen-bond donors (Lipinski definition) is 1. The van der Waals surface area contributed by atoms with E-state index in [-0.39, 0.29) is 0 Å². The minimum Gasteiger partial charge on any atom is -0.388 e. The third-order valence-corrected chi connectivity index (χ3v) is 3.78. The molecular formula is C18H23NO. The van der Waals surface area contributed by atoms with E-state index in [0.29, 0.717) is 0 Å². The molecule has 2 nitrogen and oxygen atoms in total. The van der Waals surface area contributed by atoms with Crippen LogP contribution in [-0.2, 0) is 6.42 Å². The van der Waals surface area contributed by atoms with Crippen LogP contribution in [0.1, 0.15) is 37.5 Å². The van der Waals surface area contributed by atoms with Gasteiger partial charge in [-0.2, -0.15) is 0 Å². The van der Waals surface area contributed by atoms with Gasteiger partial charge in [-0.15, -0.1) is 0 Å². The highest BCUT2D eigenvalue weighted by molar-refractivity contribution is 5.66. The van der Waals surface area contributed by atoms with E-state index >= 15 is 0 Å². The predicted molar refractivity (Wildman–Crippen MR) is 85.6 cm³/mol. The zero-order valence-electron chi connectivity index (χ0n) is 12.5. The lowest BCUT2D eigenvalue weighted by Gasteiger charge is -2.24. The summed E-state index contributed by atoms with van der Waals surface area (Å²) in [7, 11) is 2.04. The highest BCUT2D eigenvalue weighted by Gasteiger charge is 2.14. The summed E-state index contributed by atoms with van der Waals surface area (Å²) in [5.41, 5.74) is 4.52. The van der Waals surface area contributed by atoms with Gasteiger partial charge in [0.05, 0.1) is 6.10 Å². The number of para-hydroxylation sites is 1. The van der Waals surface area contributed by atoms with Gasteiger partial charge in [0.1, 0.15) is 0 Å². The van der Waals surface area contributed by atoms with Gasteiger partial charge in [-0.3, -0.25) is 0 Å². The molecule has 106 valence electrons. The maximum Gasteiger partial charge on any atom is 0.0807 e. The van der Waals surface area contributed by atoms with Crippen LogP contribution in [0.15, 0.2) is 48.5 Å². The molecular weight excluding hydrogens is 246 g/mol. The Kier molecular flexibility index (Phi) is 4.80. The molecule has 0 saturated carbocycles. The van der Waals surface area contributed by atoms with Gasteiger partial charge >= 0.3 is 0 Å². The van der Waals surface area contributed by atoms with Crippen LogP contribution in [0.5, 0.6) is 0 Å². The molecule has 1 atom stereocenters. The van der Waals surface area contributed by atoms with Crippen molar-refractivity contribution in [2.45, 2.75) is 32.8 Å². The fraction of sp³-hybridized carbons (Fsp3) is 0.333. The van der Waals surface area contributed by atoms with Crippen LogP contribution in [0.25, 0.3) is 0 Å². The Morgan fingerprint density at radius 2 is 1.65 bits per heavy atom. The Hall–Kier alpha value is -1.80. The molecule has 0 aliphatic heterocycles. The Morgan fingerprint density at radius 3 is 2.25 bits per heavy atom. The Balaban J connectivity index is 2.34. The number of aryl methyl sites for hydroxylation is 1. The number of aliphatic hydroxyl groups is 1. The lowest BCUT2D eigenvalue weighted by atomic mass is 10.0. The van der Waals surface area contributed by atoms with Crippen molar-refractivity contribution in [2.75, 3.05) is 11.9 Å². The first kappa shape index (κ1) is 14.6. The van der Waals surface area contributed by atoms with Gasteiger partial charge < -0.3 is 10.0 Å². The largest absolute Gasteiger partial charge is 0.388 e. The quantitative estimate of drug-likeness (QED) is 0.866. The molecule has 0 unspecified atom stereocenters. The van der Waals surface area contributed by atoms with E-state index in [0.717, 1.165) is 29.8 Å². The maximum atomic E-state index is 10.2. The highest BCUT2D eigenvalue weighted by atomic mass is 16.3. The zero-order chi connectivity index (χ0) is 14.5. The predicted octanol–water partition coefficient (Wildman–Crippen LogP) is 4.46. The Labute approximate surface area is 121 Å². The molecule has 0 radical (unpaired) electrons. The van der Waals surface area contributed by atoms with Crippen molar-refractivity contribution in [2.24, 2.45) is 0 Å². The molecule has 2 rings (SSSR count). The van der Waals surface area contributed by atoms with Crippen LogP contribution in [-0.4, -0.2) is 12.2 Å². The normalized spacial score (nSPS) is 12.2. The molecule has 2 heteroatoms. The van der Waals surface area contributed by atoms with Gasteiger partial charge in [0.25, 0.3) is 0 Å². The summed E-state index contributed by atoms with van der Waals surface area (Å²) in [5.74, 6) is 0. The first-order valence-electron chi connectivity index (χ1n) is 7.27. The second-order valence-electron chi connectivity index (χ2n) is 5.06. The first-order chi connectivity index (χ1) is 9.67. The van der Waals surface area contributed by atoms with Crippen molar-refractivity contribution >= 4 is 11.4 Å². The average Bonchev–Trinajstić information content (AvgIpc) is 2.53. The van der Waals surface area contributed by atoms with Crippen molar-refractivity contribution in [1.82, 2.24) is 0 Å². The zero-order valence-corrected chi connectivity index (χ0v) is 12.5. The van der Waals surface area contributed by atoms with Crippen LogP contribution >= 0.6 is 0 Å². The third kappa shape index (κ3) is 3.02. The lowest BCUT2D eigenvalue weighted by molar-refractivity contribution is 0.174. The van der Waals surface area contributed by atoms with Crippen molar-refractivity contribution in [1.29, 1.82) is 0 Å². The van der Waals surface area contributed by atoms with Crippen LogP contribution in [0.4, 0.5) is 11.4 Å². The van der Waals surface area contributed by atoms with Crippen LogP contribution < -0.4 is 4.90 Å². The number of aliphatic hydroxyl groups excluding tert-OH is 1. The molecule has 0 saturated heterocycles. The Bertz CT molecular complexity index is 548. The molecule has 0 aromatic heterocycles. The molecule has 2 aromatic carbocycles. The van der Waals surface area contributed by atoms with Gasteiger partial charge in [-0.1, -0.05) is 44.2 Å². The van der Waals surface area contributed by atoms with E-state index in [1.165, 1.54) is 5.56 Å². The lowest BCUT2D eigenvalue weighted by Crippen LogP contribution is -2.13. The fourth-order valence-electron chi connectivity index (χ4n) is 2.39. The minimum atomic E-state index is -0.413. The average molecular weight is 269 g/mol.